The normalized spacial score (nSPS) is 23.8. The smallest absolute Gasteiger partial charge is 0.329 e. The van der Waals surface area contributed by atoms with Gasteiger partial charge < -0.3 is 35.4 Å². The average molecular weight is 993 g/mol. The zero-order valence-corrected chi connectivity index (χ0v) is 41.2. The minimum absolute atomic E-state index is 0.0425. The lowest BCUT2D eigenvalue weighted by Gasteiger charge is -2.46. The van der Waals surface area contributed by atoms with E-state index in [0.29, 0.717) is 40.8 Å². The van der Waals surface area contributed by atoms with Crippen LogP contribution in [0.4, 0.5) is 10.5 Å². The summed E-state index contributed by atoms with van der Waals surface area (Å²) in [4.78, 5) is 66.6. The number of ether oxygens (including phenoxy) is 2. The molecule has 4 aliphatic rings. The predicted molar refractivity (Wildman–Crippen MR) is 278 cm³/mol. The molecule has 1 spiro atoms. The van der Waals surface area contributed by atoms with Crippen LogP contribution in [-0.4, -0.2) is 75.4 Å². The number of cyclic esters (lactones) is 1. The molecule has 3 fully saturated rings. The minimum atomic E-state index is -2.13. The summed E-state index contributed by atoms with van der Waals surface area (Å²) in [6.45, 7) is 1.21. The Labute approximate surface area is 431 Å². The number of anilines is 1. The first-order valence-corrected chi connectivity index (χ1v) is 25.5. The fraction of sp³-hybridized carbons (Fsp3) is 0.311. The highest BCUT2D eigenvalue weighted by atomic mass is 16.6. The lowest BCUT2D eigenvalue weighted by atomic mass is 9.65. The third-order valence-electron chi connectivity index (χ3n) is 15.1. The molecule has 0 aromatic heterocycles. The number of carbonyl (C=O) groups excluding carboxylic acids is 4. The SMILES string of the molecule is C[C@@H](NC(=O)N1C(=O)[C@@]2(c3cc(C#CC4(O)CCCCCC4)ccc31)[C@H](c1cccc(OCCO)c1)N1[C@H](c3ccccc3)[C@H](c3ccccc3)OC(=O)[C@H]1[C@@H]2C(=O)NC[C@H](O)c1ccccc1)c1ccccc1. The van der Waals surface area contributed by atoms with Crippen LogP contribution in [0.25, 0.3) is 0 Å². The van der Waals surface area contributed by atoms with E-state index >= 15 is 19.2 Å². The summed E-state index contributed by atoms with van der Waals surface area (Å²) in [7, 11) is 0. The lowest BCUT2D eigenvalue weighted by Crippen LogP contribution is -2.56. The van der Waals surface area contributed by atoms with Gasteiger partial charge in [-0.05, 0) is 96.3 Å². The van der Waals surface area contributed by atoms with Crippen LogP contribution in [0, 0.1) is 17.8 Å². The third kappa shape index (κ3) is 9.46. The zero-order chi connectivity index (χ0) is 51.4. The van der Waals surface area contributed by atoms with Gasteiger partial charge in [0.1, 0.15) is 35.5 Å². The molecule has 13 heteroatoms. The van der Waals surface area contributed by atoms with Crippen LogP contribution >= 0.6 is 0 Å². The van der Waals surface area contributed by atoms with E-state index in [0.717, 1.165) is 41.7 Å². The number of fused-ring (bicyclic) bond motifs is 3. The van der Waals surface area contributed by atoms with Gasteiger partial charge in [-0.3, -0.25) is 19.3 Å². The maximum atomic E-state index is 16.8. The van der Waals surface area contributed by atoms with Gasteiger partial charge in [0.25, 0.3) is 0 Å². The molecular formula is C61H60N4O9. The van der Waals surface area contributed by atoms with Gasteiger partial charge >= 0.3 is 12.0 Å². The highest BCUT2D eigenvalue weighted by molar-refractivity contribution is 6.24. The molecule has 10 rings (SSSR count). The van der Waals surface area contributed by atoms with Crippen molar-refractivity contribution in [2.24, 2.45) is 5.92 Å². The summed E-state index contributed by atoms with van der Waals surface area (Å²) in [5.74, 6) is 2.85. The Bertz CT molecular complexity index is 3050. The molecule has 3 heterocycles. The van der Waals surface area contributed by atoms with Gasteiger partial charge in [-0.25, -0.2) is 9.69 Å². The molecule has 0 bridgehead atoms. The standard InChI is InChI=1S/C61H60N4O9/c1-40(42-19-8-4-9-20-42)63-59(71)64-49-30-29-41(31-34-60(72)32-16-2-3-17-33-60)37-48(49)61(58(64)70)51(56(68)62-39-50(67)43-21-10-5-11-22-43)53-57(69)74-54(45-25-14-7-15-26-45)52(44-23-12-6-13-24-44)65(53)55(61)46-27-18-28-47(38-46)73-36-35-66/h4-15,18-30,37-38,40,50-55,66-67,72H,2-3,16-17,32-33,35-36,39H2,1H3,(H,62,68)(H,63,71)/t40-,50+,51-,52-,53-,54+,55+,61-/m1/s1. The van der Waals surface area contributed by atoms with Gasteiger partial charge in [0, 0.05) is 12.1 Å². The van der Waals surface area contributed by atoms with Gasteiger partial charge in [-0.1, -0.05) is 158 Å². The van der Waals surface area contributed by atoms with Crippen LogP contribution in [-0.2, 0) is 24.5 Å². The summed E-state index contributed by atoms with van der Waals surface area (Å²) in [6, 6.07) is 44.2. The molecule has 5 N–H and O–H groups in total. The van der Waals surface area contributed by atoms with Crippen molar-refractivity contribution in [3.05, 3.63) is 203 Å². The largest absolute Gasteiger partial charge is 0.491 e. The van der Waals surface area contributed by atoms with Crippen LogP contribution in [0.2, 0.25) is 0 Å². The maximum absolute atomic E-state index is 16.8. The number of rotatable bonds is 12. The Balaban J connectivity index is 1.25. The second-order valence-electron chi connectivity index (χ2n) is 19.7. The van der Waals surface area contributed by atoms with Gasteiger partial charge in [0.2, 0.25) is 11.8 Å². The Hall–Kier alpha value is -7.60. The Kier molecular flexibility index (Phi) is 14.5. The molecule has 378 valence electrons. The number of urea groups is 1. The number of aliphatic hydroxyl groups excluding tert-OH is 2. The Morgan fingerprint density at radius 2 is 1.38 bits per heavy atom. The van der Waals surface area contributed by atoms with Crippen molar-refractivity contribution < 1.29 is 44.0 Å². The van der Waals surface area contributed by atoms with E-state index in [1.54, 1.807) is 60.7 Å². The number of amides is 4. The van der Waals surface area contributed by atoms with Crippen molar-refractivity contribution in [1.82, 2.24) is 15.5 Å². The first kappa shape index (κ1) is 50.0. The van der Waals surface area contributed by atoms with E-state index in [1.807, 2.05) is 115 Å². The average Bonchev–Trinajstić information content (AvgIpc) is 3.77. The quantitative estimate of drug-likeness (QED) is 0.0454. The maximum Gasteiger partial charge on any atom is 0.329 e. The minimum Gasteiger partial charge on any atom is -0.491 e. The molecule has 1 aliphatic carbocycles. The van der Waals surface area contributed by atoms with Crippen molar-refractivity contribution >= 4 is 29.5 Å². The molecule has 2 saturated heterocycles. The van der Waals surface area contributed by atoms with E-state index in [2.05, 4.69) is 22.5 Å². The van der Waals surface area contributed by atoms with Crippen LogP contribution < -0.4 is 20.3 Å². The predicted octanol–water partition coefficient (Wildman–Crippen LogP) is 8.48. The number of hydrogen-bond donors (Lipinski definition) is 5. The van der Waals surface area contributed by atoms with E-state index in [-0.39, 0.29) is 31.0 Å². The molecule has 0 radical (unpaired) electrons. The van der Waals surface area contributed by atoms with E-state index < -0.39 is 77.1 Å². The molecule has 74 heavy (non-hydrogen) atoms. The number of nitrogens with one attached hydrogen (secondary N) is 2. The molecule has 1 saturated carbocycles. The number of hydrogen-bond acceptors (Lipinski definition) is 10. The van der Waals surface area contributed by atoms with Crippen LogP contribution in [0.1, 0.15) is 115 Å². The first-order chi connectivity index (χ1) is 36.0. The summed E-state index contributed by atoms with van der Waals surface area (Å²) in [5.41, 5.74) is 0.653. The fourth-order valence-electron chi connectivity index (χ4n) is 11.7. The van der Waals surface area contributed by atoms with Gasteiger partial charge in [0.15, 0.2) is 0 Å². The summed E-state index contributed by atoms with van der Waals surface area (Å²) in [5, 5.41) is 39.3. The molecule has 0 unspecified atom stereocenters. The highest BCUT2D eigenvalue weighted by Crippen LogP contribution is 2.66. The van der Waals surface area contributed by atoms with Gasteiger partial charge in [-0.2, -0.15) is 0 Å². The fourth-order valence-corrected chi connectivity index (χ4v) is 11.7. The molecule has 6 aromatic carbocycles. The number of esters is 1. The van der Waals surface area contributed by atoms with Crippen molar-refractivity contribution in [3.63, 3.8) is 0 Å². The Morgan fingerprint density at radius 1 is 0.757 bits per heavy atom. The van der Waals surface area contributed by atoms with Crippen molar-refractivity contribution in [1.29, 1.82) is 0 Å². The molecule has 4 amide bonds. The van der Waals surface area contributed by atoms with E-state index in [1.165, 1.54) is 0 Å². The zero-order valence-electron chi connectivity index (χ0n) is 41.2. The number of aliphatic hydroxyl groups is 3. The molecule has 13 nitrogen and oxygen atoms in total. The number of carbonyl (C=O) groups is 4. The lowest BCUT2D eigenvalue weighted by molar-refractivity contribution is -0.178. The van der Waals surface area contributed by atoms with Crippen molar-refractivity contribution in [2.45, 2.75) is 92.8 Å². The summed E-state index contributed by atoms with van der Waals surface area (Å²) >= 11 is 0. The number of imide groups is 1. The Morgan fingerprint density at radius 3 is 2.04 bits per heavy atom. The van der Waals surface area contributed by atoms with Crippen molar-refractivity contribution in [2.75, 3.05) is 24.7 Å². The topological polar surface area (TPSA) is 178 Å². The van der Waals surface area contributed by atoms with Gasteiger partial charge in [0.05, 0.1) is 42.4 Å². The van der Waals surface area contributed by atoms with Gasteiger partial charge in [-0.15, -0.1) is 0 Å². The van der Waals surface area contributed by atoms with E-state index in [9.17, 15) is 15.3 Å². The second kappa shape index (κ2) is 21.5. The number of nitrogens with zero attached hydrogens (tertiary/aromatic N) is 2. The third-order valence-corrected chi connectivity index (χ3v) is 15.1. The van der Waals surface area contributed by atoms with Crippen LogP contribution in [0.15, 0.2) is 164 Å². The summed E-state index contributed by atoms with van der Waals surface area (Å²) in [6.07, 6.45) is 2.47. The van der Waals surface area contributed by atoms with Crippen molar-refractivity contribution in [3.8, 4) is 17.6 Å². The molecule has 8 atom stereocenters. The second-order valence-corrected chi connectivity index (χ2v) is 19.7. The molecule has 6 aromatic rings. The highest BCUT2D eigenvalue weighted by Gasteiger charge is 2.75. The molecule has 3 aliphatic heterocycles. The van der Waals surface area contributed by atoms with Crippen LogP contribution in [0.5, 0.6) is 5.75 Å². The first-order valence-electron chi connectivity index (χ1n) is 25.5. The van der Waals surface area contributed by atoms with E-state index in [4.69, 9.17) is 9.47 Å². The monoisotopic (exact) mass is 992 g/mol. The number of benzene rings is 6. The van der Waals surface area contributed by atoms with Crippen LogP contribution in [0.3, 0.4) is 0 Å². The molecular weight excluding hydrogens is 933 g/mol. The number of morpholine rings is 1. The summed E-state index contributed by atoms with van der Waals surface area (Å²) < 4.78 is 12.7.